The van der Waals surface area contributed by atoms with Crippen LogP contribution in [-0.2, 0) is 12.8 Å². The minimum absolute atomic E-state index is 0.185. The number of aryl methyl sites for hydroxylation is 1. The van der Waals surface area contributed by atoms with Gasteiger partial charge in [-0.2, -0.15) is 9.61 Å². The molecule has 1 aliphatic rings. The van der Waals surface area contributed by atoms with Crippen molar-refractivity contribution >= 4 is 11.5 Å². The average Bonchev–Trinajstić information content (AvgIpc) is 3.18. The number of rotatable bonds is 4. The molecule has 3 aromatic heterocycles. The number of anilines is 1. The van der Waals surface area contributed by atoms with Crippen LogP contribution in [-0.4, -0.2) is 30.7 Å². The number of phenolic OH excluding ortho intramolecular Hbond substituents is 1. The zero-order chi connectivity index (χ0) is 21.5. The largest absolute Gasteiger partial charge is 0.508 e. The summed E-state index contributed by atoms with van der Waals surface area (Å²) < 4.78 is 15.6. The minimum Gasteiger partial charge on any atom is -0.508 e. The van der Waals surface area contributed by atoms with Crippen LogP contribution in [0.4, 0.5) is 10.2 Å². The highest BCUT2D eigenvalue weighted by molar-refractivity contribution is 5.67. The minimum atomic E-state index is -0.394. The number of hydrogen-bond acceptors (Lipinski definition) is 5. The van der Waals surface area contributed by atoms with E-state index in [0.29, 0.717) is 17.0 Å². The van der Waals surface area contributed by atoms with Gasteiger partial charge in [-0.15, -0.1) is 0 Å². The van der Waals surface area contributed by atoms with E-state index in [1.54, 1.807) is 12.3 Å². The maximum atomic E-state index is 13.8. The summed E-state index contributed by atoms with van der Waals surface area (Å²) >= 11 is 0. The summed E-state index contributed by atoms with van der Waals surface area (Å²) in [7, 11) is 0. The Balaban J connectivity index is 1.56. The van der Waals surface area contributed by atoms with Gasteiger partial charge in [-0.25, -0.2) is 9.37 Å². The van der Waals surface area contributed by atoms with Gasteiger partial charge in [0.05, 0.1) is 18.1 Å². The molecule has 1 aromatic carbocycles. The average molecular weight is 417 g/mol. The Kier molecular flexibility index (Phi) is 4.81. The topological polar surface area (TPSA) is 75.3 Å². The third kappa shape index (κ3) is 3.71. The highest BCUT2D eigenvalue weighted by Crippen LogP contribution is 2.30. The molecule has 158 valence electrons. The van der Waals surface area contributed by atoms with E-state index in [1.807, 2.05) is 28.9 Å². The second-order valence-corrected chi connectivity index (χ2v) is 8.45. The Bertz CT molecular complexity index is 1270. The van der Waals surface area contributed by atoms with Crippen LogP contribution >= 0.6 is 0 Å². The predicted molar refractivity (Wildman–Crippen MR) is 118 cm³/mol. The summed E-state index contributed by atoms with van der Waals surface area (Å²) in [5.41, 5.74) is 5.51. The van der Waals surface area contributed by atoms with Crippen LogP contribution in [0.15, 0.2) is 48.9 Å². The van der Waals surface area contributed by atoms with Crippen molar-refractivity contribution in [3.05, 3.63) is 71.4 Å². The van der Waals surface area contributed by atoms with Crippen molar-refractivity contribution < 1.29 is 9.50 Å². The molecule has 4 aromatic rings. The molecule has 0 radical (unpaired) electrons. The molecular formula is C24H24FN5O. The molecule has 5 rings (SSSR count). The number of aromatic nitrogens is 4. The van der Waals surface area contributed by atoms with Crippen molar-refractivity contribution in [2.45, 2.75) is 45.1 Å². The van der Waals surface area contributed by atoms with Crippen molar-refractivity contribution in [3.63, 3.8) is 0 Å². The van der Waals surface area contributed by atoms with Crippen molar-refractivity contribution in [1.82, 2.24) is 19.6 Å². The van der Waals surface area contributed by atoms with Gasteiger partial charge < -0.3 is 10.4 Å². The van der Waals surface area contributed by atoms with Crippen LogP contribution in [0, 0.1) is 5.82 Å². The second-order valence-electron chi connectivity index (χ2n) is 8.45. The van der Waals surface area contributed by atoms with Gasteiger partial charge in [0.15, 0.2) is 5.65 Å². The van der Waals surface area contributed by atoms with Crippen LogP contribution in [0.25, 0.3) is 16.9 Å². The lowest BCUT2D eigenvalue weighted by Gasteiger charge is -2.26. The Hall–Kier alpha value is -3.48. The molecule has 31 heavy (non-hydrogen) atoms. The van der Waals surface area contributed by atoms with Crippen LogP contribution < -0.4 is 5.32 Å². The van der Waals surface area contributed by atoms with E-state index in [4.69, 9.17) is 4.98 Å². The molecule has 3 heterocycles. The summed E-state index contributed by atoms with van der Waals surface area (Å²) in [5, 5.41) is 18.1. The summed E-state index contributed by atoms with van der Waals surface area (Å²) in [6.45, 7) is 4.21. The lowest BCUT2D eigenvalue weighted by Crippen LogP contribution is -2.28. The summed E-state index contributed by atoms with van der Waals surface area (Å²) in [4.78, 5) is 8.77. The lowest BCUT2D eigenvalue weighted by atomic mass is 9.88. The third-order valence-electron chi connectivity index (χ3n) is 5.89. The number of hydrogen-bond donors (Lipinski definition) is 2. The van der Waals surface area contributed by atoms with Crippen molar-refractivity contribution in [1.29, 1.82) is 0 Å². The Morgan fingerprint density at radius 1 is 1.13 bits per heavy atom. The normalized spacial score (nSPS) is 15.9. The van der Waals surface area contributed by atoms with E-state index < -0.39 is 5.82 Å². The smallest absolute Gasteiger partial charge is 0.161 e. The van der Waals surface area contributed by atoms with Gasteiger partial charge in [-0.1, -0.05) is 19.9 Å². The number of fused-ring (bicyclic) bond motifs is 2. The summed E-state index contributed by atoms with van der Waals surface area (Å²) in [6, 6.07) is 9.13. The molecule has 0 aliphatic heterocycles. The number of halogens is 1. The summed E-state index contributed by atoms with van der Waals surface area (Å²) in [5.74, 6) is 0.961. The molecule has 0 fully saturated rings. The molecule has 1 atom stereocenters. The fourth-order valence-electron chi connectivity index (χ4n) is 4.27. The van der Waals surface area contributed by atoms with Gasteiger partial charge in [0.1, 0.15) is 17.4 Å². The van der Waals surface area contributed by atoms with E-state index in [2.05, 4.69) is 29.2 Å². The molecule has 1 aliphatic carbocycles. The first-order valence-corrected chi connectivity index (χ1v) is 10.5. The molecule has 0 amide bonds. The van der Waals surface area contributed by atoms with E-state index in [9.17, 15) is 9.50 Å². The molecular weight excluding hydrogens is 393 g/mol. The first-order valence-electron chi connectivity index (χ1n) is 10.5. The fourth-order valence-corrected chi connectivity index (χ4v) is 4.27. The molecule has 0 spiro atoms. The number of nitrogens with one attached hydrogen (secondary N) is 1. The molecule has 0 saturated carbocycles. The highest BCUT2D eigenvalue weighted by atomic mass is 19.1. The van der Waals surface area contributed by atoms with Gasteiger partial charge in [0.25, 0.3) is 0 Å². The van der Waals surface area contributed by atoms with E-state index in [0.717, 1.165) is 41.9 Å². The van der Waals surface area contributed by atoms with Crippen LogP contribution in [0.3, 0.4) is 0 Å². The second kappa shape index (κ2) is 7.65. The number of phenols is 1. The lowest BCUT2D eigenvalue weighted by molar-refractivity contribution is 0.472. The van der Waals surface area contributed by atoms with Crippen LogP contribution in [0.2, 0.25) is 0 Å². The van der Waals surface area contributed by atoms with Crippen molar-refractivity contribution in [2.75, 3.05) is 5.32 Å². The summed E-state index contributed by atoms with van der Waals surface area (Å²) in [6.07, 6.45) is 7.38. The van der Waals surface area contributed by atoms with E-state index in [-0.39, 0.29) is 12.0 Å². The number of benzene rings is 1. The van der Waals surface area contributed by atoms with Crippen molar-refractivity contribution in [3.8, 4) is 17.0 Å². The molecule has 2 N–H and O–H groups in total. The van der Waals surface area contributed by atoms with Gasteiger partial charge >= 0.3 is 0 Å². The molecule has 0 saturated heterocycles. The van der Waals surface area contributed by atoms with Gasteiger partial charge in [-0.3, -0.25) is 4.98 Å². The fraction of sp³-hybridized carbons (Fsp3) is 0.292. The zero-order valence-corrected chi connectivity index (χ0v) is 17.5. The standard InChI is InChI=1S/C24H24FN5O/c1-14(2)21-13-27-30-23(10-22(29-24(21)30)17-7-18(25)12-26-11-17)28-19-5-3-15-4-6-20(31)9-16(15)8-19/h4,6-7,9-14,19,28,31H,3,5,8H2,1-2H3/t19-/m1/s1. The maximum absolute atomic E-state index is 13.8. The number of pyridine rings is 1. The molecule has 0 bridgehead atoms. The number of nitrogens with zero attached hydrogens (tertiary/aromatic N) is 4. The Morgan fingerprint density at radius 3 is 2.81 bits per heavy atom. The molecule has 0 unspecified atom stereocenters. The SMILES string of the molecule is CC(C)c1cnn2c(N[C@@H]3CCc4ccc(O)cc4C3)cc(-c3cncc(F)c3)nc12. The first-order chi connectivity index (χ1) is 15.0. The van der Waals surface area contributed by atoms with Gasteiger partial charge in [0, 0.05) is 29.4 Å². The monoisotopic (exact) mass is 417 g/mol. The maximum Gasteiger partial charge on any atom is 0.161 e. The van der Waals surface area contributed by atoms with E-state index >= 15 is 0 Å². The van der Waals surface area contributed by atoms with Crippen molar-refractivity contribution in [2.24, 2.45) is 0 Å². The Morgan fingerprint density at radius 2 is 2.00 bits per heavy atom. The number of aromatic hydroxyl groups is 1. The molecule has 6 nitrogen and oxygen atoms in total. The zero-order valence-electron chi connectivity index (χ0n) is 17.5. The first kappa shape index (κ1) is 19.5. The van der Waals surface area contributed by atoms with E-state index in [1.165, 1.54) is 17.8 Å². The van der Waals surface area contributed by atoms with Crippen LogP contribution in [0.5, 0.6) is 5.75 Å². The predicted octanol–water partition coefficient (Wildman–Crippen LogP) is 4.73. The van der Waals surface area contributed by atoms with Gasteiger partial charge in [-0.05, 0) is 54.5 Å². The van der Waals surface area contributed by atoms with Gasteiger partial charge in [0.2, 0.25) is 0 Å². The quantitative estimate of drug-likeness (QED) is 0.502. The Labute approximate surface area is 179 Å². The molecule has 7 heteroatoms. The third-order valence-corrected chi connectivity index (χ3v) is 5.89. The van der Waals surface area contributed by atoms with Crippen LogP contribution in [0.1, 0.15) is 42.9 Å². The highest BCUT2D eigenvalue weighted by Gasteiger charge is 2.22.